The largest absolute Gasteiger partial charge is 0.300 e. The van der Waals surface area contributed by atoms with Crippen LogP contribution in [0.3, 0.4) is 0 Å². The molecule has 3 aromatic heterocycles. The fraction of sp³-hybridized carbons (Fsp3) is 0.379. The molecule has 3 heterocycles. The van der Waals surface area contributed by atoms with Crippen LogP contribution < -0.4 is 0 Å². The summed E-state index contributed by atoms with van der Waals surface area (Å²) in [6.45, 7) is 11.0. The average Bonchev–Trinajstić information content (AvgIpc) is 2.86. The second-order valence-electron chi connectivity index (χ2n) is 8.77. The van der Waals surface area contributed by atoms with E-state index in [4.69, 9.17) is 0 Å². The number of aromatic nitrogens is 3. The van der Waals surface area contributed by atoms with Crippen LogP contribution in [-0.2, 0) is 0 Å². The second kappa shape index (κ2) is 15.4. The lowest BCUT2D eigenvalue weighted by atomic mass is 10.3. The molecule has 0 radical (unpaired) electrons. The Morgan fingerprint density at radius 3 is 1.39 bits per heavy atom. The van der Waals surface area contributed by atoms with E-state index in [1.54, 1.807) is 0 Å². The normalized spacial score (nSPS) is 12.0. The van der Waals surface area contributed by atoms with Crippen LogP contribution >= 0.6 is 0 Å². The van der Waals surface area contributed by atoms with E-state index in [2.05, 4.69) is 34.8 Å². The summed E-state index contributed by atoms with van der Waals surface area (Å²) < 4.78 is 0. The summed E-state index contributed by atoms with van der Waals surface area (Å²) in [5, 5.41) is 0. The average molecular weight is 484 g/mol. The van der Waals surface area contributed by atoms with Gasteiger partial charge in [-0.2, -0.15) is 0 Å². The molecular formula is C29H37N7. The molecule has 0 atom stereocenters. The van der Waals surface area contributed by atoms with E-state index in [1.807, 2.05) is 94.0 Å². The third-order valence-corrected chi connectivity index (χ3v) is 5.50. The molecule has 0 spiro atoms. The molecule has 0 aliphatic rings. The predicted octanol–water partition coefficient (Wildman–Crippen LogP) is 4.54. The van der Waals surface area contributed by atoms with Gasteiger partial charge in [-0.25, -0.2) is 0 Å². The van der Waals surface area contributed by atoms with Gasteiger partial charge in [0.25, 0.3) is 0 Å². The van der Waals surface area contributed by atoms with E-state index < -0.39 is 0 Å². The van der Waals surface area contributed by atoms with Gasteiger partial charge in [0.05, 0.1) is 30.2 Å². The Morgan fingerprint density at radius 2 is 0.972 bits per heavy atom. The molecular weight excluding hydrogens is 446 g/mol. The molecule has 0 fully saturated rings. The molecule has 0 bridgehead atoms. The van der Waals surface area contributed by atoms with Crippen molar-refractivity contribution in [2.45, 2.75) is 33.6 Å². The summed E-state index contributed by atoms with van der Waals surface area (Å²) in [7, 11) is 0. The van der Waals surface area contributed by atoms with Gasteiger partial charge < -0.3 is 0 Å². The number of rotatable bonds is 14. The van der Waals surface area contributed by atoms with Gasteiger partial charge in [-0.15, -0.1) is 0 Å². The van der Waals surface area contributed by atoms with Crippen molar-refractivity contribution in [2.24, 2.45) is 15.0 Å². The molecule has 36 heavy (non-hydrogen) atoms. The highest BCUT2D eigenvalue weighted by Gasteiger charge is 2.04. The Bertz CT molecular complexity index is 1090. The molecule has 3 aromatic rings. The first-order valence-corrected chi connectivity index (χ1v) is 12.6. The lowest BCUT2D eigenvalue weighted by molar-refractivity contribution is 0.284. The van der Waals surface area contributed by atoms with E-state index in [9.17, 15) is 0 Å². The van der Waals surface area contributed by atoms with Crippen molar-refractivity contribution in [3.05, 3.63) is 88.8 Å². The summed E-state index contributed by atoms with van der Waals surface area (Å²) in [4.78, 5) is 29.6. The van der Waals surface area contributed by atoms with Gasteiger partial charge in [0, 0.05) is 55.4 Å². The van der Waals surface area contributed by atoms with Crippen molar-refractivity contribution in [3.8, 4) is 0 Å². The number of unbranched alkanes of at least 4 members (excludes halogenated alkanes) is 1. The molecule has 0 unspecified atom stereocenters. The summed E-state index contributed by atoms with van der Waals surface area (Å²) >= 11 is 0. The van der Waals surface area contributed by atoms with E-state index in [0.29, 0.717) is 0 Å². The van der Waals surface area contributed by atoms with E-state index in [1.165, 1.54) is 0 Å². The lowest BCUT2D eigenvalue weighted by Crippen LogP contribution is -2.30. The highest BCUT2D eigenvalue weighted by Crippen LogP contribution is 2.00. The highest BCUT2D eigenvalue weighted by molar-refractivity contribution is 5.77. The Balaban J connectivity index is 1.45. The summed E-state index contributed by atoms with van der Waals surface area (Å²) in [6, 6.07) is 18.0. The maximum absolute atomic E-state index is 4.60. The number of hydrogen-bond donors (Lipinski definition) is 0. The van der Waals surface area contributed by atoms with Crippen LogP contribution in [0.15, 0.2) is 69.6 Å². The number of nitrogens with zero attached hydrogens (tertiary/aromatic N) is 7. The van der Waals surface area contributed by atoms with Crippen LogP contribution in [0.5, 0.6) is 0 Å². The molecule has 7 heteroatoms. The first-order chi connectivity index (χ1) is 17.6. The Labute approximate surface area is 215 Å². The number of hydrogen-bond acceptors (Lipinski definition) is 7. The molecule has 0 aromatic carbocycles. The van der Waals surface area contributed by atoms with Gasteiger partial charge in [-0.1, -0.05) is 18.2 Å². The first kappa shape index (κ1) is 27.0. The molecule has 0 saturated carbocycles. The first-order valence-electron chi connectivity index (χ1n) is 12.6. The maximum Gasteiger partial charge on any atom is 0.0811 e. The maximum atomic E-state index is 4.60. The molecule has 3 rings (SSSR count). The Hall–Kier alpha value is -3.58. The number of aryl methyl sites for hydroxylation is 3. The van der Waals surface area contributed by atoms with E-state index in [0.717, 1.165) is 86.3 Å². The third kappa shape index (κ3) is 10.8. The van der Waals surface area contributed by atoms with Gasteiger partial charge in [0.1, 0.15) is 0 Å². The van der Waals surface area contributed by atoms with Crippen molar-refractivity contribution >= 4 is 18.6 Å². The lowest BCUT2D eigenvalue weighted by Gasteiger charge is -2.20. The molecule has 0 saturated heterocycles. The zero-order valence-electron chi connectivity index (χ0n) is 21.7. The highest BCUT2D eigenvalue weighted by atomic mass is 15.1. The minimum atomic E-state index is 0.732. The minimum Gasteiger partial charge on any atom is -0.300 e. The van der Waals surface area contributed by atoms with E-state index >= 15 is 0 Å². The van der Waals surface area contributed by atoms with Crippen molar-refractivity contribution < 1.29 is 0 Å². The van der Waals surface area contributed by atoms with Crippen molar-refractivity contribution in [3.63, 3.8) is 0 Å². The van der Waals surface area contributed by atoms with Gasteiger partial charge in [-0.05, 0) is 76.6 Å². The van der Waals surface area contributed by atoms with Crippen LogP contribution in [0.4, 0.5) is 0 Å². The molecule has 0 aliphatic heterocycles. The zero-order valence-corrected chi connectivity index (χ0v) is 21.7. The van der Waals surface area contributed by atoms with Gasteiger partial charge >= 0.3 is 0 Å². The Kier molecular flexibility index (Phi) is 11.6. The number of pyridine rings is 3. The van der Waals surface area contributed by atoms with E-state index in [-0.39, 0.29) is 0 Å². The smallest absolute Gasteiger partial charge is 0.0811 e. The molecule has 0 N–H and O–H groups in total. The third-order valence-electron chi connectivity index (χ3n) is 5.50. The molecule has 0 amide bonds. The SMILES string of the molecule is Cc1cccc(C=NCCCCN(CCN=Cc2cccc(C)n2)CCN=Cc2cccc(C)n2)n1. The van der Waals surface area contributed by atoms with Gasteiger partial charge in [0.15, 0.2) is 0 Å². The number of aliphatic imine (C=N–C) groups is 3. The fourth-order valence-electron chi connectivity index (χ4n) is 3.65. The van der Waals surface area contributed by atoms with Crippen LogP contribution in [-0.4, -0.2) is 77.8 Å². The Morgan fingerprint density at radius 1 is 0.556 bits per heavy atom. The van der Waals surface area contributed by atoms with Gasteiger partial charge in [0.2, 0.25) is 0 Å². The van der Waals surface area contributed by atoms with Crippen LogP contribution in [0.2, 0.25) is 0 Å². The zero-order chi connectivity index (χ0) is 25.4. The monoisotopic (exact) mass is 483 g/mol. The van der Waals surface area contributed by atoms with Crippen molar-refractivity contribution in [1.82, 2.24) is 19.9 Å². The second-order valence-corrected chi connectivity index (χ2v) is 8.77. The van der Waals surface area contributed by atoms with Crippen LogP contribution in [0.25, 0.3) is 0 Å². The predicted molar refractivity (Wildman–Crippen MR) is 150 cm³/mol. The molecule has 7 nitrogen and oxygen atoms in total. The van der Waals surface area contributed by atoms with Gasteiger partial charge in [-0.3, -0.25) is 34.8 Å². The van der Waals surface area contributed by atoms with Crippen molar-refractivity contribution in [2.75, 3.05) is 39.3 Å². The summed E-state index contributed by atoms with van der Waals surface area (Å²) in [5.41, 5.74) is 5.73. The summed E-state index contributed by atoms with van der Waals surface area (Å²) in [5.74, 6) is 0. The van der Waals surface area contributed by atoms with Crippen LogP contribution in [0.1, 0.15) is 47.0 Å². The minimum absolute atomic E-state index is 0.732. The molecule has 188 valence electrons. The molecule has 0 aliphatic carbocycles. The topological polar surface area (TPSA) is 79.0 Å². The summed E-state index contributed by atoms with van der Waals surface area (Å²) in [6.07, 6.45) is 7.70. The quantitative estimate of drug-likeness (QED) is 0.249. The fourth-order valence-corrected chi connectivity index (χ4v) is 3.65. The van der Waals surface area contributed by atoms with Crippen molar-refractivity contribution in [1.29, 1.82) is 0 Å². The van der Waals surface area contributed by atoms with Crippen LogP contribution in [0, 0.1) is 20.8 Å². The standard InChI is InChI=1S/C29H37N7/c1-24-9-6-12-27(33-24)21-30-15-4-5-18-36(19-16-31-22-28-13-7-10-25(2)34-28)20-17-32-23-29-14-8-11-26(3)35-29/h6-14,21-23H,4-5,15-20H2,1-3H3.